The minimum Gasteiger partial charge on any atom is -0.369 e. The Morgan fingerprint density at radius 3 is 2.89 bits per heavy atom. The largest absolute Gasteiger partial charge is 0.369 e. The smallest absolute Gasteiger partial charge is 0.201 e. The van der Waals surface area contributed by atoms with Crippen molar-refractivity contribution in [1.29, 1.82) is 0 Å². The van der Waals surface area contributed by atoms with E-state index in [1.807, 2.05) is 12.1 Å². The molecule has 0 spiro atoms. The van der Waals surface area contributed by atoms with Crippen LogP contribution in [-0.2, 0) is 0 Å². The van der Waals surface area contributed by atoms with Crippen LogP contribution in [0.15, 0.2) is 18.2 Å². The summed E-state index contributed by atoms with van der Waals surface area (Å²) in [4.78, 5) is 4.46. The second-order valence-electron chi connectivity index (χ2n) is 5.78. The van der Waals surface area contributed by atoms with E-state index in [0.29, 0.717) is 22.9 Å². The predicted molar refractivity (Wildman–Crippen MR) is 80.4 cm³/mol. The number of benzene rings is 1. The van der Waals surface area contributed by atoms with Gasteiger partial charge in [0.1, 0.15) is 5.52 Å². The van der Waals surface area contributed by atoms with E-state index < -0.39 is 0 Å². The molecule has 1 heterocycles. The average Bonchev–Trinajstić information content (AvgIpc) is 2.71. The molecule has 2 aromatic rings. The van der Waals surface area contributed by atoms with Gasteiger partial charge in [-0.15, -0.1) is 0 Å². The van der Waals surface area contributed by atoms with E-state index in [1.54, 1.807) is 0 Å². The number of aromatic nitrogens is 2. The van der Waals surface area contributed by atoms with Gasteiger partial charge in [-0.05, 0) is 30.4 Å². The van der Waals surface area contributed by atoms with Crippen molar-refractivity contribution < 1.29 is 0 Å². The molecule has 0 amide bonds. The Bertz CT molecular complexity index is 605. The highest BCUT2D eigenvalue weighted by atomic mass is 35.5. The fraction of sp³-hybridized carbons (Fsp3) is 0.533. The summed E-state index contributed by atoms with van der Waals surface area (Å²) >= 11 is 6.21. The zero-order chi connectivity index (χ0) is 13.6. The third kappa shape index (κ3) is 2.00. The third-order valence-corrected chi connectivity index (χ3v) is 5.00. The third-order valence-electron chi connectivity index (χ3n) is 4.69. The highest BCUT2D eigenvalue weighted by Gasteiger charge is 2.30. The minimum absolute atomic E-state index is 0.437. The number of para-hydroxylation sites is 1. The van der Waals surface area contributed by atoms with Crippen LogP contribution in [-0.4, -0.2) is 9.55 Å². The van der Waals surface area contributed by atoms with E-state index >= 15 is 0 Å². The van der Waals surface area contributed by atoms with Crippen molar-refractivity contribution >= 4 is 28.6 Å². The van der Waals surface area contributed by atoms with E-state index in [4.69, 9.17) is 17.3 Å². The molecule has 0 bridgehead atoms. The number of hydrogen-bond donors (Lipinski definition) is 1. The Kier molecular flexibility index (Phi) is 3.17. The van der Waals surface area contributed by atoms with Crippen LogP contribution in [0.1, 0.15) is 39.2 Å². The Morgan fingerprint density at radius 1 is 1.32 bits per heavy atom. The molecule has 19 heavy (non-hydrogen) atoms. The second kappa shape index (κ2) is 4.71. The first-order valence-electron chi connectivity index (χ1n) is 7.01. The molecule has 4 heteroatoms. The van der Waals surface area contributed by atoms with Crippen molar-refractivity contribution in [2.24, 2.45) is 11.8 Å². The quantitative estimate of drug-likeness (QED) is 0.846. The first-order valence-corrected chi connectivity index (χ1v) is 7.39. The van der Waals surface area contributed by atoms with Crippen LogP contribution in [0, 0.1) is 11.8 Å². The van der Waals surface area contributed by atoms with Gasteiger partial charge in [0.2, 0.25) is 5.95 Å². The van der Waals surface area contributed by atoms with Gasteiger partial charge in [-0.25, -0.2) is 4.98 Å². The number of hydrogen-bond acceptors (Lipinski definition) is 2. The van der Waals surface area contributed by atoms with Crippen LogP contribution in [0.3, 0.4) is 0 Å². The van der Waals surface area contributed by atoms with Crippen molar-refractivity contribution in [3.8, 4) is 0 Å². The molecule has 3 unspecified atom stereocenters. The number of nitrogens with two attached hydrogens (primary N) is 1. The number of rotatable bonds is 1. The van der Waals surface area contributed by atoms with Gasteiger partial charge in [0, 0.05) is 6.04 Å². The van der Waals surface area contributed by atoms with Gasteiger partial charge in [0.25, 0.3) is 0 Å². The van der Waals surface area contributed by atoms with Crippen molar-refractivity contribution in [2.75, 3.05) is 5.73 Å². The van der Waals surface area contributed by atoms with Crippen LogP contribution in [0.5, 0.6) is 0 Å². The Hall–Kier alpha value is -1.22. The fourth-order valence-corrected chi connectivity index (χ4v) is 3.58. The fourth-order valence-electron chi connectivity index (χ4n) is 3.37. The molecule has 0 aliphatic heterocycles. The summed E-state index contributed by atoms with van der Waals surface area (Å²) in [5.41, 5.74) is 8.05. The summed E-state index contributed by atoms with van der Waals surface area (Å²) in [5.74, 6) is 1.94. The van der Waals surface area contributed by atoms with Crippen molar-refractivity contribution in [2.45, 2.75) is 39.2 Å². The van der Waals surface area contributed by atoms with E-state index in [2.05, 4.69) is 29.5 Å². The predicted octanol–water partition coefficient (Wildman–Crippen LogP) is 4.27. The molecule has 1 aliphatic carbocycles. The van der Waals surface area contributed by atoms with Gasteiger partial charge in [0.05, 0.1) is 10.5 Å². The van der Waals surface area contributed by atoms with Gasteiger partial charge in [0.15, 0.2) is 0 Å². The molecule has 1 aromatic heterocycles. The zero-order valence-electron chi connectivity index (χ0n) is 11.4. The SMILES string of the molecule is CC1CCCC(n2c(N)nc3c(Cl)cccc32)C1C. The summed E-state index contributed by atoms with van der Waals surface area (Å²) in [6.45, 7) is 4.66. The lowest BCUT2D eigenvalue weighted by Crippen LogP contribution is -2.27. The topological polar surface area (TPSA) is 43.8 Å². The van der Waals surface area contributed by atoms with Gasteiger partial charge in [-0.1, -0.05) is 44.4 Å². The molecule has 1 aromatic carbocycles. The van der Waals surface area contributed by atoms with E-state index in [0.717, 1.165) is 17.0 Å². The molecule has 1 aliphatic rings. The molecule has 1 saturated carbocycles. The minimum atomic E-state index is 0.437. The molecule has 102 valence electrons. The Labute approximate surface area is 118 Å². The maximum Gasteiger partial charge on any atom is 0.201 e. The lowest BCUT2D eigenvalue weighted by Gasteiger charge is -2.35. The lowest BCUT2D eigenvalue weighted by molar-refractivity contribution is 0.191. The Balaban J connectivity index is 2.14. The summed E-state index contributed by atoms with van der Waals surface area (Å²) in [6.07, 6.45) is 3.74. The number of fused-ring (bicyclic) bond motifs is 1. The van der Waals surface area contributed by atoms with Crippen LogP contribution in [0.4, 0.5) is 5.95 Å². The number of halogens is 1. The molecule has 3 nitrogen and oxygen atoms in total. The molecule has 3 atom stereocenters. The maximum atomic E-state index is 6.21. The highest BCUT2D eigenvalue weighted by molar-refractivity contribution is 6.35. The first-order chi connectivity index (χ1) is 9.09. The lowest BCUT2D eigenvalue weighted by atomic mass is 9.78. The van der Waals surface area contributed by atoms with Crippen molar-refractivity contribution in [1.82, 2.24) is 9.55 Å². The van der Waals surface area contributed by atoms with Crippen LogP contribution >= 0.6 is 11.6 Å². The zero-order valence-corrected chi connectivity index (χ0v) is 12.2. The number of anilines is 1. The monoisotopic (exact) mass is 277 g/mol. The van der Waals surface area contributed by atoms with Gasteiger partial charge < -0.3 is 10.3 Å². The van der Waals surface area contributed by atoms with E-state index in [1.165, 1.54) is 19.3 Å². The number of imidazole rings is 1. The van der Waals surface area contributed by atoms with E-state index in [9.17, 15) is 0 Å². The molecule has 1 fully saturated rings. The summed E-state index contributed by atoms with van der Waals surface area (Å²) < 4.78 is 2.20. The highest BCUT2D eigenvalue weighted by Crippen LogP contribution is 2.41. The maximum absolute atomic E-state index is 6.21. The normalized spacial score (nSPS) is 27.8. The molecular weight excluding hydrogens is 258 g/mol. The van der Waals surface area contributed by atoms with Crippen LogP contribution in [0.25, 0.3) is 11.0 Å². The molecule has 2 N–H and O–H groups in total. The average molecular weight is 278 g/mol. The molecule has 3 rings (SSSR count). The van der Waals surface area contributed by atoms with Gasteiger partial charge >= 0.3 is 0 Å². The summed E-state index contributed by atoms with van der Waals surface area (Å²) in [7, 11) is 0. The molecule has 0 radical (unpaired) electrons. The summed E-state index contributed by atoms with van der Waals surface area (Å²) in [6, 6.07) is 6.34. The molecular formula is C15H20ClN3. The van der Waals surface area contributed by atoms with Crippen LogP contribution in [0.2, 0.25) is 5.02 Å². The van der Waals surface area contributed by atoms with E-state index in [-0.39, 0.29) is 0 Å². The number of nitrogen functional groups attached to an aromatic ring is 1. The van der Waals surface area contributed by atoms with Gasteiger partial charge in [-0.3, -0.25) is 0 Å². The number of nitrogens with zero attached hydrogens (tertiary/aromatic N) is 2. The molecule has 0 saturated heterocycles. The van der Waals surface area contributed by atoms with Crippen molar-refractivity contribution in [3.63, 3.8) is 0 Å². The first kappa shape index (κ1) is 12.8. The van der Waals surface area contributed by atoms with Crippen molar-refractivity contribution in [3.05, 3.63) is 23.2 Å². The summed E-state index contributed by atoms with van der Waals surface area (Å²) in [5, 5.41) is 0.680. The standard InChI is InChI=1S/C15H20ClN3/c1-9-5-3-7-12(10(9)2)19-13-8-4-6-11(16)14(13)18-15(19)17/h4,6,8-10,12H,3,5,7H2,1-2H3,(H2,17,18). The van der Waals surface area contributed by atoms with Crippen LogP contribution < -0.4 is 5.73 Å². The Morgan fingerprint density at radius 2 is 2.11 bits per heavy atom. The second-order valence-corrected chi connectivity index (χ2v) is 6.19. The van der Waals surface area contributed by atoms with Gasteiger partial charge in [-0.2, -0.15) is 0 Å².